The number of hydrogen-bond acceptors (Lipinski definition) is 5. The summed E-state index contributed by atoms with van der Waals surface area (Å²) in [5.41, 5.74) is 2.00. The molecule has 0 spiro atoms. The predicted molar refractivity (Wildman–Crippen MR) is 114 cm³/mol. The summed E-state index contributed by atoms with van der Waals surface area (Å²) in [6.45, 7) is 0. The molecule has 0 aliphatic heterocycles. The van der Waals surface area contributed by atoms with E-state index in [0.29, 0.717) is 11.3 Å². The van der Waals surface area contributed by atoms with Crippen molar-refractivity contribution in [3.05, 3.63) is 77.7 Å². The van der Waals surface area contributed by atoms with Gasteiger partial charge in [0.1, 0.15) is 17.6 Å². The Morgan fingerprint density at radius 2 is 1.81 bits per heavy atom. The van der Waals surface area contributed by atoms with Gasteiger partial charge in [-0.2, -0.15) is 5.10 Å². The molecule has 1 aliphatic rings. The topological polar surface area (TPSA) is 90.3 Å². The number of amides is 1. The second-order valence-corrected chi connectivity index (χ2v) is 7.68. The fraction of sp³-hybridized carbons (Fsp3) is 0.250. The van der Waals surface area contributed by atoms with Crippen molar-refractivity contribution in [2.75, 3.05) is 7.11 Å². The van der Waals surface area contributed by atoms with Gasteiger partial charge in [-0.3, -0.25) is 14.3 Å². The smallest absolute Gasteiger partial charge is 0.376 e. The Kier molecular flexibility index (Phi) is 6.11. The molecule has 1 heterocycles. The number of carbonyl (C=O) groups excluding carboxylic acids is 3. The lowest BCUT2D eigenvalue weighted by Gasteiger charge is -2.16. The predicted octanol–water partition coefficient (Wildman–Crippen LogP) is 3.11. The molecule has 1 atom stereocenters. The minimum Gasteiger partial charge on any atom is -0.463 e. The Morgan fingerprint density at radius 1 is 1.12 bits per heavy atom. The van der Waals surface area contributed by atoms with Crippen molar-refractivity contribution in [1.29, 1.82) is 0 Å². The molecule has 0 saturated heterocycles. The maximum absolute atomic E-state index is 13.4. The van der Waals surface area contributed by atoms with Crippen molar-refractivity contribution in [2.24, 2.45) is 0 Å². The standard InChI is InChI=1S/C24H22FN3O4/c1-32-24(31)22(29)20(13-15-5-3-2-4-6-15)26-23(30)19-14-28(18-11-12-18)27-21(19)16-7-9-17(25)10-8-16/h2-10,14,18,20H,11-13H2,1H3,(H,26,30). The minimum atomic E-state index is -1.11. The van der Waals surface area contributed by atoms with Gasteiger partial charge in [0.05, 0.1) is 18.7 Å². The Balaban J connectivity index is 1.64. The molecule has 0 radical (unpaired) electrons. The Hall–Kier alpha value is -3.81. The van der Waals surface area contributed by atoms with Gasteiger partial charge in [0.15, 0.2) is 0 Å². The van der Waals surface area contributed by atoms with Gasteiger partial charge in [-0.15, -0.1) is 0 Å². The van der Waals surface area contributed by atoms with Gasteiger partial charge in [0, 0.05) is 18.2 Å². The monoisotopic (exact) mass is 435 g/mol. The van der Waals surface area contributed by atoms with E-state index in [0.717, 1.165) is 25.5 Å². The fourth-order valence-electron chi connectivity index (χ4n) is 3.44. The first-order chi connectivity index (χ1) is 15.5. The van der Waals surface area contributed by atoms with Crippen molar-refractivity contribution in [3.8, 4) is 11.3 Å². The maximum Gasteiger partial charge on any atom is 0.376 e. The first-order valence-corrected chi connectivity index (χ1v) is 10.3. The molecule has 2 aromatic carbocycles. The van der Waals surface area contributed by atoms with Crippen molar-refractivity contribution in [2.45, 2.75) is 31.3 Å². The molecule has 0 bridgehead atoms. The lowest BCUT2D eigenvalue weighted by molar-refractivity contribution is -0.152. The summed E-state index contributed by atoms with van der Waals surface area (Å²) in [6, 6.07) is 13.9. The molecule has 4 rings (SSSR count). The van der Waals surface area contributed by atoms with E-state index in [1.54, 1.807) is 35.1 Å². The van der Waals surface area contributed by atoms with E-state index in [-0.39, 0.29) is 18.0 Å². The number of Topliss-reactive ketones (excluding diaryl/α,β-unsaturated/α-hetero) is 1. The zero-order valence-electron chi connectivity index (χ0n) is 17.5. The van der Waals surface area contributed by atoms with E-state index in [9.17, 15) is 18.8 Å². The zero-order chi connectivity index (χ0) is 22.7. The second-order valence-electron chi connectivity index (χ2n) is 7.68. The number of nitrogens with one attached hydrogen (secondary N) is 1. The SMILES string of the molecule is COC(=O)C(=O)C(Cc1ccccc1)NC(=O)c1cn(C2CC2)nc1-c1ccc(F)cc1. The van der Waals surface area contributed by atoms with E-state index in [1.165, 1.54) is 12.1 Å². The number of esters is 1. The molecular formula is C24H22FN3O4. The summed E-state index contributed by atoms with van der Waals surface area (Å²) >= 11 is 0. The van der Waals surface area contributed by atoms with Crippen LogP contribution in [0.25, 0.3) is 11.3 Å². The van der Waals surface area contributed by atoms with Gasteiger partial charge in [0.2, 0.25) is 0 Å². The first kappa shape index (κ1) is 21.4. The molecule has 1 unspecified atom stereocenters. The van der Waals surface area contributed by atoms with Crippen LogP contribution < -0.4 is 5.32 Å². The number of halogens is 1. The first-order valence-electron chi connectivity index (χ1n) is 10.3. The number of rotatable bonds is 8. The number of benzene rings is 2. The fourth-order valence-corrected chi connectivity index (χ4v) is 3.44. The van der Waals surface area contributed by atoms with Crippen LogP contribution in [0, 0.1) is 5.82 Å². The third-order valence-electron chi connectivity index (χ3n) is 5.31. The Bertz CT molecular complexity index is 1140. The van der Waals surface area contributed by atoms with E-state index >= 15 is 0 Å². The highest BCUT2D eigenvalue weighted by molar-refractivity contribution is 6.36. The van der Waals surface area contributed by atoms with Crippen molar-refractivity contribution < 1.29 is 23.5 Å². The molecule has 1 aromatic heterocycles. The van der Waals surface area contributed by atoms with E-state index in [4.69, 9.17) is 0 Å². The van der Waals surface area contributed by atoms with Crippen LogP contribution in [0.1, 0.15) is 34.8 Å². The normalized spacial score (nSPS) is 13.9. The molecule has 8 heteroatoms. The summed E-state index contributed by atoms with van der Waals surface area (Å²) in [7, 11) is 1.12. The van der Waals surface area contributed by atoms with Crippen LogP contribution in [0.4, 0.5) is 4.39 Å². The van der Waals surface area contributed by atoms with Gasteiger partial charge in [-0.05, 0) is 42.7 Å². The minimum absolute atomic E-state index is 0.128. The number of ether oxygens (including phenoxy) is 1. The Morgan fingerprint density at radius 3 is 2.44 bits per heavy atom. The van der Waals surface area contributed by atoms with Crippen molar-refractivity contribution in [1.82, 2.24) is 15.1 Å². The molecule has 1 amide bonds. The molecule has 32 heavy (non-hydrogen) atoms. The molecule has 7 nitrogen and oxygen atoms in total. The van der Waals surface area contributed by atoms with Gasteiger partial charge >= 0.3 is 5.97 Å². The highest BCUT2D eigenvalue weighted by Gasteiger charge is 2.31. The summed E-state index contributed by atoms with van der Waals surface area (Å²) in [5.74, 6) is -2.82. The summed E-state index contributed by atoms with van der Waals surface area (Å²) in [5, 5.41) is 7.21. The van der Waals surface area contributed by atoms with E-state index in [2.05, 4.69) is 15.2 Å². The van der Waals surface area contributed by atoms with Crippen LogP contribution in [-0.4, -0.2) is 40.6 Å². The number of ketones is 1. The summed E-state index contributed by atoms with van der Waals surface area (Å²) in [4.78, 5) is 37.8. The number of carbonyl (C=O) groups is 3. The molecule has 164 valence electrons. The van der Waals surface area contributed by atoms with Gasteiger partial charge in [-0.1, -0.05) is 30.3 Å². The quantitative estimate of drug-likeness (QED) is 0.434. The molecule has 1 aliphatic carbocycles. The molecule has 1 saturated carbocycles. The number of nitrogens with zero attached hydrogens (tertiary/aromatic N) is 2. The largest absolute Gasteiger partial charge is 0.463 e. The van der Waals surface area contributed by atoms with Gasteiger partial charge in [0.25, 0.3) is 11.7 Å². The van der Waals surface area contributed by atoms with E-state index in [1.807, 2.05) is 18.2 Å². The molecular weight excluding hydrogens is 413 g/mol. The molecule has 1 N–H and O–H groups in total. The third kappa shape index (κ3) is 4.74. The van der Waals surface area contributed by atoms with Gasteiger partial charge < -0.3 is 10.1 Å². The van der Waals surface area contributed by atoms with Crippen LogP contribution in [-0.2, 0) is 20.7 Å². The highest BCUT2D eigenvalue weighted by Crippen LogP contribution is 2.36. The number of aromatic nitrogens is 2. The Labute approximate surface area is 184 Å². The van der Waals surface area contributed by atoms with Crippen LogP contribution in [0.2, 0.25) is 0 Å². The van der Waals surface area contributed by atoms with Gasteiger partial charge in [-0.25, -0.2) is 9.18 Å². The number of hydrogen-bond donors (Lipinski definition) is 1. The number of methoxy groups -OCH3 is 1. The lowest BCUT2D eigenvalue weighted by Crippen LogP contribution is -2.45. The van der Waals surface area contributed by atoms with Crippen LogP contribution in [0.3, 0.4) is 0 Å². The van der Waals surface area contributed by atoms with E-state index < -0.39 is 29.5 Å². The van der Waals surface area contributed by atoms with Crippen LogP contribution >= 0.6 is 0 Å². The van der Waals surface area contributed by atoms with Crippen LogP contribution in [0.15, 0.2) is 60.8 Å². The lowest BCUT2D eigenvalue weighted by atomic mass is 10.0. The molecule has 1 fully saturated rings. The third-order valence-corrected chi connectivity index (χ3v) is 5.31. The van der Waals surface area contributed by atoms with Crippen molar-refractivity contribution in [3.63, 3.8) is 0 Å². The average Bonchev–Trinajstić information content (AvgIpc) is 3.57. The average molecular weight is 435 g/mol. The van der Waals surface area contributed by atoms with Crippen LogP contribution in [0.5, 0.6) is 0 Å². The summed E-state index contributed by atoms with van der Waals surface area (Å²) < 4.78 is 19.7. The molecule has 3 aromatic rings. The summed E-state index contributed by atoms with van der Waals surface area (Å²) in [6.07, 6.45) is 3.68. The second kappa shape index (κ2) is 9.13. The zero-order valence-corrected chi connectivity index (χ0v) is 17.5. The van der Waals surface area contributed by atoms with Crippen molar-refractivity contribution >= 4 is 17.7 Å². The highest BCUT2D eigenvalue weighted by atomic mass is 19.1. The maximum atomic E-state index is 13.4.